The topological polar surface area (TPSA) is 81.3 Å². The minimum Gasteiger partial charge on any atom is -0.380 e. The van der Waals surface area contributed by atoms with Gasteiger partial charge in [-0.2, -0.15) is 0 Å². The highest BCUT2D eigenvalue weighted by atomic mass is 32.1. The Morgan fingerprint density at radius 1 is 1.62 bits per heavy atom. The molecular weight excluding hydrogens is 228 g/mol. The molecule has 2 rings (SSSR count). The number of nitrogens with two attached hydrogens (primary N) is 1. The molecule has 0 aliphatic carbocycles. The number of hydrogen-bond donors (Lipinski definition) is 1. The van der Waals surface area contributed by atoms with E-state index < -0.39 is 0 Å². The summed E-state index contributed by atoms with van der Waals surface area (Å²) >= 11 is 1.12. The number of hydrogen-bond acceptors (Lipinski definition) is 6. The van der Waals surface area contributed by atoms with Crippen molar-refractivity contribution in [2.45, 2.75) is 18.9 Å². The molecule has 1 unspecified atom stereocenters. The van der Waals surface area contributed by atoms with E-state index in [9.17, 15) is 4.79 Å². The molecule has 1 aromatic rings. The maximum atomic E-state index is 12.0. The number of aromatic nitrogens is 2. The molecule has 6 nitrogen and oxygen atoms in total. The summed E-state index contributed by atoms with van der Waals surface area (Å²) in [5.74, 6) is -0.101. The van der Waals surface area contributed by atoms with Crippen molar-refractivity contribution < 1.29 is 9.53 Å². The monoisotopic (exact) mass is 242 g/mol. The second kappa shape index (κ2) is 4.75. The lowest BCUT2D eigenvalue weighted by molar-refractivity contribution is 0.0268. The molecule has 16 heavy (non-hydrogen) atoms. The van der Waals surface area contributed by atoms with E-state index in [1.165, 1.54) is 0 Å². The van der Waals surface area contributed by atoms with Gasteiger partial charge in [0.2, 0.25) is 10.1 Å². The smallest absolute Gasteiger partial charge is 0.284 e. The molecule has 1 atom stereocenters. The first-order valence-electron chi connectivity index (χ1n) is 5.11. The Bertz CT molecular complexity index is 381. The molecule has 0 aromatic carbocycles. The lowest BCUT2D eigenvalue weighted by Gasteiger charge is -2.31. The number of anilines is 1. The Labute approximate surface area is 97.4 Å². The normalized spacial score (nSPS) is 21.1. The van der Waals surface area contributed by atoms with Crippen LogP contribution in [0.1, 0.15) is 22.6 Å². The highest BCUT2D eigenvalue weighted by Crippen LogP contribution is 2.18. The van der Waals surface area contributed by atoms with Gasteiger partial charge in [0.15, 0.2) is 0 Å². The fourth-order valence-corrected chi connectivity index (χ4v) is 2.35. The van der Waals surface area contributed by atoms with Gasteiger partial charge >= 0.3 is 0 Å². The van der Waals surface area contributed by atoms with Crippen LogP contribution in [0.5, 0.6) is 0 Å². The Hall–Kier alpha value is -1.21. The predicted octanol–water partition coefficient (Wildman–Crippen LogP) is 0.371. The molecule has 0 radical (unpaired) electrons. The predicted molar refractivity (Wildman–Crippen MR) is 60.3 cm³/mol. The molecule has 7 heteroatoms. The summed E-state index contributed by atoms with van der Waals surface area (Å²) in [4.78, 5) is 13.7. The van der Waals surface area contributed by atoms with Crippen molar-refractivity contribution >= 4 is 22.4 Å². The lowest BCUT2D eigenvalue weighted by Crippen LogP contribution is -2.42. The van der Waals surface area contributed by atoms with E-state index in [-0.39, 0.29) is 12.0 Å². The van der Waals surface area contributed by atoms with Crippen LogP contribution < -0.4 is 5.73 Å². The second-order valence-corrected chi connectivity index (χ2v) is 4.71. The standard InChI is InChI=1S/C9H14N4O2S/c1-15-6-3-2-4-13(5-6)8(14)7-11-12-9(10)16-7/h6H,2-5H2,1H3,(H2,10,12). The van der Waals surface area contributed by atoms with Gasteiger partial charge < -0.3 is 15.4 Å². The minimum absolute atomic E-state index is 0.101. The van der Waals surface area contributed by atoms with Crippen molar-refractivity contribution in [2.24, 2.45) is 0 Å². The number of likely N-dealkylation sites (tertiary alicyclic amines) is 1. The maximum absolute atomic E-state index is 12.0. The van der Waals surface area contributed by atoms with Gasteiger partial charge in [0.05, 0.1) is 6.10 Å². The zero-order valence-corrected chi connectivity index (χ0v) is 9.87. The first kappa shape index (κ1) is 11.3. The van der Waals surface area contributed by atoms with Gasteiger partial charge in [0, 0.05) is 20.2 Å². The third kappa shape index (κ3) is 2.30. The van der Waals surface area contributed by atoms with Crippen LogP contribution in [0.3, 0.4) is 0 Å². The van der Waals surface area contributed by atoms with Crippen LogP contribution in [-0.2, 0) is 4.74 Å². The SMILES string of the molecule is COC1CCCN(C(=O)c2nnc(N)s2)C1. The molecule has 0 saturated carbocycles. The molecule has 1 aliphatic heterocycles. The van der Waals surface area contributed by atoms with E-state index in [1.54, 1.807) is 12.0 Å². The summed E-state index contributed by atoms with van der Waals surface area (Å²) in [6.07, 6.45) is 2.08. The third-order valence-corrected chi connectivity index (χ3v) is 3.36. The number of amides is 1. The van der Waals surface area contributed by atoms with E-state index in [0.717, 1.165) is 30.7 Å². The zero-order chi connectivity index (χ0) is 11.5. The lowest BCUT2D eigenvalue weighted by atomic mass is 10.1. The van der Waals surface area contributed by atoms with Gasteiger partial charge in [-0.05, 0) is 12.8 Å². The van der Waals surface area contributed by atoms with Crippen molar-refractivity contribution in [2.75, 3.05) is 25.9 Å². The van der Waals surface area contributed by atoms with Gasteiger partial charge in [-0.15, -0.1) is 10.2 Å². The van der Waals surface area contributed by atoms with Crippen LogP contribution >= 0.6 is 11.3 Å². The first-order chi connectivity index (χ1) is 7.70. The summed E-state index contributed by atoms with van der Waals surface area (Å²) in [7, 11) is 1.67. The van der Waals surface area contributed by atoms with Crippen molar-refractivity contribution in [3.8, 4) is 0 Å². The van der Waals surface area contributed by atoms with Crippen molar-refractivity contribution in [3.63, 3.8) is 0 Å². The van der Waals surface area contributed by atoms with E-state index in [0.29, 0.717) is 16.7 Å². The van der Waals surface area contributed by atoms with Gasteiger partial charge in [-0.3, -0.25) is 4.79 Å². The van der Waals surface area contributed by atoms with E-state index >= 15 is 0 Å². The Morgan fingerprint density at radius 3 is 3.06 bits per heavy atom. The number of carbonyl (C=O) groups excluding carboxylic acids is 1. The number of methoxy groups -OCH3 is 1. The average Bonchev–Trinajstić information content (AvgIpc) is 2.75. The fraction of sp³-hybridized carbons (Fsp3) is 0.667. The highest BCUT2D eigenvalue weighted by Gasteiger charge is 2.26. The molecular formula is C9H14N4O2S. The summed E-state index contributed by atoms with van der Waals surface area (Å²) in [6, 6.07) is 0. The molecule has 0 bridgehead atoms. The Kier molecular flexibility index (Phi) is 3.35. The molecule has 1 saturated heterocycles. The zero-order valence-electron chi connectivity index (χ0n) is 9.05. The third-order valence-electron chi connectivity index (χ3n) is 2.62. The molecule has 1 aliphatic rings. The average molecular weight is 242 g/mol. The van der Waals surface area contributed by atoms with E-state index in [1.807, 2.05) is 0 Å². The first-order valence-corrected chi connectivity index (χ1v) is 5.93. The Balaban J connectivity index is 2.04. The number of nitrogens with zero attached hydrogens (tertiary/aromatic N) is 3. The van der Waals surface area contributed by atoms with Gasteiger partial charge in [-0.1, -0.05) is 11.3 Å². The number of nitrogen functional groups attached to an aromatic ring is 1. The number of piperidine rings is 1. The summed E-state index contributed by atoms with van der Waals surface area (Å²) in [6.45, 7) is 1.37. The molecule has 0 spiro atoms. The number of carbonyl (C=O) groups is 1. The molecule has 88 valence electrons. The fourth-order valence-electron chi connectivity index (χ4n) is 1.77. The second-order valence-electron chi connectivity index (χ2n) is 3.70. The van der Waals surface area contributed by atoms with Crippen LogP contribution in [0, 0.1) is 0 Å². The van der Waals surface area contributed by atoms with Crippen molar-refractivity contribution in [3.05, 3.63) is 5.01 Å². The summed E-state index contributed by atoms with van der Waals surface area (Å²) < 4.78 is 5.26. The summed E-state index contributed by atoms with van der Waals surface area (Å²) in [5.41, 5.74) is 5.45. The van der Waals surface area contributed by atoms with Crippen LogP contribution in [0.25, 0.3) is 0 Å². The number of ether oxygens (including phenoxy) is 1. The molecule has 2 heterocycles. The molecule has 1 aromatic heterocycles. The van der Waals surface area contributed by atoms with Crippen molar-refractivity contribution in [1.82, 2.24) is 15.1 Å². The van der Waals surface area contributed by atoms with Gasteiger partial charge in [0.1, 0.15) is 0 Å². The van der Waals surface area contributed by atoms with Crippen LogP contribution in [-0.4, -0.2) is 47.3 Å². The largest absolute Gasteiger partial charge is 0.380 e. The molecule has 2 N–H and O–H groups in total. The van der Waals surface area contributed by atoms with Gasteiger partial charge in [0.25, 0.3) is 5.91 Å². The molecule has 1 amide bonds. The highest BCUT2D eigenvalue weighted by molar-refractivity contribution is 7.16. The maximum Gasteiger partial charge on any atom is 0.284 e. The van der Waals surface area contributed by atoms with Crippen molar-refractivity contribution in [1.29, 1.82) is 0 Å². The van der Waals surface area contributed by atoms with Crippen LogP contribution in [0.4, 0.5) is 5.13 Å². The quantitative estimate of drug-likeness (QED) is 0.810. The van der Waals surface area contributed by atoms with E-state index in [2.05, 4.69) is 10.2 Å². The van der Waals surface area contributed by atoms with Crippen LogP contribution in [0.15, 0.2) is 0 Å². The summed E-state index contributed by atoms with van der Waals surface area (Å²) in [5, 5.41) is 8.07. The minimum atomic E-state index is -0.101. The number of rotatable bonds is 2. The van der Waals surface area contributed by atoms with Gasteiger partial charge in [-0.25, -0.2) is 0 Å². The molecule has 1 fully saturated rings. The van der Waals surface area contributed by atoms with E-state index in [4.69, 9.17) is 10.5 Å². The Morgan fingerprint density at radius 2 is 2.44 bits per heavy atom. The van der Waals surface area contributed by atoms with Crippen LogP contribution in [0.2, 0.25) is 0 Å².